The van der Waals surface area contributed by atoms with E-state index < -0.39 is 29.2 Å². The summed E-state index contributed by atoms with van der Waals surface area (Å²) in [6.07, 6.45) is 0. The number of benzene rings is 2. The van der Waals surface area contributed by atoms with Gasteiger partial charge in [-0.1, -0.05) is 27.3 Å². The van der Waals surface area contributed by atoms with Crippen molar-refractivity contribution in [1.29, 1.82) is 0 Å². The topological polar surface area (TPSA) is 123 Å². The second kappa shape index (κ2) is 6.77. The van der Waals surface area contributed by atoms with Gasteiger partial charge in [0.1, 0.15) is 6.54 Å². The van der Waals surface area contributed by atoms with Gasteiger partial charge in [-0.15, -0.1) is 0 Å². The van der Waals surface area contributed by atoms with E-state index in [1.807, 2.05) is 12.1 Å². The molecule has 1 N–H and O–H groups in total. The summed E-state index contributed by atoms with van der Waals surface area (Å²) in [5.41, 5.74) is 0.355. The van der Waals surface area contributed by atoms with Gasteiger partial charge in [0, 0.05) is 16.6 Å². The molecule has 9 nitrogen and oxygen atoms in total. The van der Waals surface area contributed by atoms with Crippen LogP contribution in [-0.4, -0.2) is 39.1 Å². The van der Waals surface area contributed by atoms with E-state index in [2.05, 4.69) is 26.2 Å². The number of nitro groups is 1. The van der Waals surface area contributed by atoms with Crippen LogP contribution < -0.4 is 5.32 Å². The van der Waals surface area contributed by atoms with Crippen LogP contribution in [0.1, 0.15) is 20.7 Å². The van der Waals surface area contributed by atoms with Gasteiger partial charge in [-0.3, -0.25) is 29.4 Å². The zero-order chi connectivity index (χ0) is 20.0. The molecule has 0 spiro atoms. The van der Waals surface area contributed by atoms with Crippen molar-refractivity contribution in [2.24, 2.45) is 0 Å². The fourth-order valence-corrected chi connectivity index (χ4v) is 4.22. The van der Waals surface area contributed by atoms with Crippen molar-refractivity contribution in [1.82, 2.24) is 9.88 Å². The van der Waals surface area contributed by atoms with Gasteiger partial charge in [0.15, 0.2) is 5.13 Å². The molecule has 0 saturated heterocycles. The molecule has 140 valence electrons. The number of non-ortho nitro benzene ring substituents is 1. The number of aromatic nitrogens is 1. The highest BCUT2D eigenvalue weighted by atomic mass is 79.9. The average molecular weight is 461 g/mol. The number of hydrogen-bond donors (Lipinski definition) is 1. The molecular formula is C17H9BrN4O5S. The van der Waals surface area contributed by atoms with Crippen LogP contribution in [0.2, 0.25) is 0 Å². The standard InChI is InChI=1S/C17H9BrN4O5S/c18-8-1-4-12-13(5-8)28-17(19-12)20-14(23)7-21-15(24)10-3-2-9(22(26)27)6-11(10)16(21)25/h1-6H,7H2,(H,19,20,23). The molecule has 0 aliphatic carbocycles. The lowest BCUT2D eigenvalue weighted by Crippen LogP contribution is -2.37. The number of hydrogen-bond acceptors (Lipinski definition) is 7. The third kappa shape index (κ3) is 3.14. The number of carbonyl (C=O) groups excluding carboxylic acids is 3. The Bertz CT molecular complexity index is 1190. The SMILES string of the molecule is O=C(CN1C(=O)c2ccc([N+](=O)[O-])cc2C1=O)Nc1nc2ccc(Br)cc2s1. The van der Waals surface area contributed by atoms with E-state index in [1.54, 1.807) is 6.07 Å². The van der Waals surface area contributed by atoms with Crippen molar-refractivity contribution in [2.45, 2.75) is 0 Å². The summed E-state index contributed by atoms with van der Waals surface area (Å²) < 4.78 is 1.74. The summed E-state index contributed by atoms with van der Waals surface area (Å²) >= 11 is 4.62. The molecule has 11 heteroatoms. The predicted octanol–water partition coefficient (Wildman–Crippen LogP) is 3.20. The van der Waals surface area contributed by atoms with Crippen molar-refractivity contribution >= 4 is 66.0 Å². The third-order valence-corrected chi connectivity index (χ3v) is 5.49. The molecule has 0 radical (unpaired) electrons. The lowest BCUT2D eigenvalue weighted by atomic mass is 10.1. The predicted molar refractivity (Wildman–Crippen MR) is 104 cm³/mol. The maximum atomic E-state index is 12.4. The zero-order valence-corrected chi connectivity index (χ0v) is 16.2. The number of halogens is 1. The van der Waals surface area contributed by atoms with E-state index in [0.717, 1.165) is 26.2 Å². The Balaban J connectivity index is 1.51. The monoisotopic (exact) mass is 460 g/mol. The molecule has 0 fully saturated rings. The second-order valence-corrected chi connectivity index (χ2v) is 7.81. The molecule has 4 rings (SSSR count). The van der Waals surface area contributed by atoms with Crippen LogP contribution in [-0.2, 0) is 4.79 Å². The van der Waals surface area contributed by atoms with Crippen LogP contribution in [0, 0.1) is 10.1 Å². The minimum Gasteiger partial charge on any atom is -0.300 e. The Hall–Kier alpha value is -3.18. The van der Waals surface area contributed by atoms with E-state index >= 15 is 0 Å². The number of amides is 3. The zero-order valence-electron chi connectivity index (χ0n) is 13.8. The largest absolute Gasteiger partial charge is 0.300 e. The summed E-state index contributed by atoms with van der Waals surface area (Å²) in [5, 5.41) is 13.8. The smallest absolute Gasteiger partial charge is 0.270 e. The molecule has 0 bridgehead atoms. The number of fused-ring (bicyclic) bond motifs is 2. The molecule has 3 amide bonds. The molecule has 28 heavy (non-hydrogen) atoms. The van der Waals surface area contributed by atoms with Gasteiger partial charge in [-0.2, -0.15) is 0 Å². The Morgan fingerprint density at radius 1 is 1.18 bits per heavy atom. The first kappa shape index (κ1) is 18.2. The maximum absolute atomic E-state index is 12.4. The Morgan fingerprint density at radius 3 is 2.68 bits per heavy atom. The van der Waals surface area contributed by atoms with E-state index in [9.17, 15) is 24.5 Å². The van der Waals surface area contributed by atoms with Crippen LogP contribution in [0.15, 0.2) is 40.9 Å². The van der Waals surface area contributed by atoms with Gasteiger partial charge < -0.3 is 5.32 Å². The van der Waals surface area contributed by atoms with Crippen LogP contribution >= 0.6 is 27.3 Å². The number of imide groups is 1. The van der Waals surface area contributed by atoms with Gasteiger partial charge in [0.25, 0.3) is 17.5 Å². The summed E-state index contributed by atoms with van der Waals surface area (Å²) in [6.45, 7) is -0.514. The number of rotatable bonds is 4. The first-order valence-corrected chi connectivity index (χ1v) is 9.45. The molecule has 0 saturated carbocycles. The van der Waals surface area contributed by atoms with Gasteiger partial charge >= 0.3 is 0 Å². The van der Waals surface area contributed by atoms with Crippen LogP contribution in [0.3, 0.4) is 0 Å². The summed E-state index contributed by atoms with van der Waals surface area (Å²) in [6, 6.07) is 8.89. The number of nitrogens with one attached hydrogen (secondary N) is 1. The number of nitro benzene ring substituents is 1. The highest BCUT2D eigenvalue weighted by Crippen LogP contribution is 2.29. The molecular weight excluding hydrogens is 452 g/mol. The molecule has 1 aliphatic heterocycles. The van der Waals surface area contributed by atoms with Crippen LogP contribution in [0.4, 0.5) is 10.8 Å². The highest BCUT2D eigenvalue weighted by molar-refractivity contribution is 9.10. The summed E-state index contributed by atoms with van der Waals surface area (Å²) in [5.74, 6) is -2.01. The summed E-state index contributed by atoms with van der Waals surface area (Å²) in [7, 11) is 0. The maximum Gasteiger partial charge on any atom is 0.270 e. The van der Waals surface area contributed by atoms with E-state index in [1.165, 1.54) is 17.4 Å². The molecule has 1 aliphatic rings. The average Bonchev–Trinajstić information content (AvgIpc) is 3.14. The Kier molecular flexibility index (Phi) is 4.40. The fourth-order valence-electron chi connectivity index (χ4n) is 2.79. The van der Waals surface area contributed by atoms with Crippen molar-refractivity contribution in [2.75, 3.05) is 11.9 Å². The van der Waals surface area contributed by atoms with Crippen LogP contribution in [0.5, 0.6) is 0 Å². The van der Waals surface area contributed by atoms with E-state index in [0.29, 0.717) is 10.6 Å². The highest BCUT2D eigenvalue weighted by Gasteiger charge is 2.37. The third-order valence-electron chi connectivity index (χ3n) is 4.06. The molecule has 0 unspecified atom stereocenters. The number of nitrogens with zero attached hydrogens (tertiary/aromatic N) is 3. The van der Waals surface area contributed by atoms with Crippen molar-refractivity contribution in [3.05, 3.63) is 62.1 Å². The van der Waals surface area contributed by atoms with Gasteiger partial charge in [0.2, 0.25) is 5.91 Å². The number of carbonyl (C=O) groups is 3. The molecule has 0 atom stereocenters. The minimum absolute atomic E-state index is 0.0354. The van der Waals surface area contributed by atoms with Crippen molar-refractivity contribution < 1.29 is 19.3 Å². The molecule has 2 heterocycles. The number of thiazole rings is 1. The van der Waals surface area contributed by atoms with E-state index in [4.69, 9.17) is 0 Å². The lowest BCUT2D eigenvalue weighted by molar-refractivity contribution is -0.384. The molecule has 1 aromatic heterocycles. The quantitative estimate of drug-likeness (QED) is 0.362. The van der Waals surface area contributed by atoms with E-state index in [-0.39, 0.29) is 16.8 Å². The first-order valence-electron chi connectivity index (χ1n) is 7.84. The van der Waals surface area contributed by atoms with Gasteiger partial charge in [0.05, 0.1) is 26.3 Å². The van der Waals surface area contributed by atoms with Gasteiger partial charge in [-0.25, -0.2) is 4.98 Å². The van der Waals surface area contributed by atoms with Crippen molar-refractivity contribution in [3.8, 4) is 0 Å². The Morgan fingerprint density at radius 2 is 1.93 bits per heavy atom. The second-order valence-electron chi connectivity index (χ2n) is 5.86. The normalized spacial score (nSPS) is 13.1. The van der Waals surface area contributed by atoms with Crippen molar-refractivity contribution in [3.63, 3.8) is 0 Å². The Labute approximate surface area is 169 Å². The molecule has 2 aromatic carbocycles. The fraction of sp³-hybridized carbons (Fsp3) is 0.0588. The van der Waals surface area contributed by atoms with Gasteiger partial charge in [-0.05, 0) is 24.3 Å². The first-order chi connectivity index (χ1) is 13.3. The summed E-state index contributed by atoms with van der Waals surface area (Å²) in [4.78, 5) is 52.4. The number of anilines is 1. The van der Waals surface area contributed by atoms with Crippen LogP contribution in [0.25, 0.3) is 10.2 Å². The lowest BCUT2D eigenvalue weighted by Gasteiger charge is -2.12. The minimum atomic E-state index is -0.743. The molecule has 3 aromatic rings.